The van der Waals surface area contributed by atoms with Gasteiger partial charge in [0.25, 0.3) is 5.56 Å². The van der Waals surface area contributed by atoms with Crippen LogP contribution in [0.15, 0.2) is 34.0 Å². The van der Waals surface area contributed by atoms with Crippen LogP contribution in [0.5, 0.6) is 0 Å². The molecule has 4 rings (SSSR count). The normalized spacial score (nSPS) is 34.6. The first kappa shape index (κ1) is 47.6. The second kappa shape index (κ2) is 23.0. The Morgan fingerprint density at radius 2 is 1.38 bits per heavy atom. The number of ether oxygens (including phenoxy) is 4. The largest absolute Gasteiger partial charge is 0.394 e. The van der Waals surface area contributed by atoms with Crippen LogP contribution in [-0.4, -0.2) is 155 Å². The van der Waals surface area contributed by atoms with Crippen molar-refractivity contribution in [3.8, 4) is 0 Å². The Kier molecular flexibility index (Phi) is 18.9. The predicted octanol–water partition coefficient (Wildman–Crippen LogP) is -2.33. The van der Waals surface area contributed by atoms with Crippen LogP contribution in [-0.2, 0) is 28.5 Å². The summed E-state index contributed by atoms with van der Waals surface area (Å²) in [6, 6.07) is -2.01. The molecule has 1 aromatic heterocycles. The average Bonchev–Trinajstić information content (AvgIpc) is 3.48. The zero-order chi connectivity index (χ0) is 42.5. The molecule has 0 saturated carbocycles. The maximum Gasteiger partial charge on any atom is 0.330 e. The Morgan fingerprint density at radius 1 is 0.810 bits per heavy atom. The van der Waals surface area contributed by atoms with Crippen LogP contribution in [0, 0.1) is 0 Å². The molecular formula is C38H62N4O16. The number of aromatic amines is 1. The first-order valence-corrected chi connectivity index (χ1v) is 20.2. The highest BCUT2D eigenvalue weighted by Gasteiger charge is 2.53. The van der Waals surface area contributed by atoms with Gasteiger partial charge in [-0.05, 0) is 18.9 Å². The molecule has 1 aromatic rings. The lowest BCUT2D eigenvalue weighted by molar-refractivity contribution is -0.346. The summed E-state index contributed by atoms with van der Waals surface area (Å²) in [7, 11) is 0. The van der Waals surface area contributed by atoms with Gasteiger partial charge in [-0.15, -0.1) is 0 Å². The molecule has 330 valence electrons. The number of carbonyl (C=O) groups is 2. The van der Waals surface area contributed by atoms with E-state index in [1.54, 1.807) is 6.08 Å². The van der Waals surface area contributed by atoms with E-state index >= 15 is 0 Å². The summed E-state index contributed by atoms with van der Waals surface area (Å²) in [5.41, 5.74) is -1.68. The minimum absolute atomic E-state index is 0.597. The van der Waals surface area contributed by atoms with Crippen molar-refractivity contribution in [2.24, 2.45) is 0 Å². The van der Waals surface area contributed by atoms with Gasteiger partial charge in [-0.1, -0.05) is 70.8 Å². The first-order valence-electron chi connectivity index (χ1n) is 20.2. The topological polar surface area (TPSA) is 312 Å². The summed E-state index contributed by atoms with van der Waals surface area (Å²) >= 11 is 0. The van der Waals surface area contributed by atoms with Crippen LogP contribution in [0.4, 0.5) is 0 Å². The second-order valence-corrected chi connectivity index (χ2v) is 15.3. The molecule has 4 heterocycles. The summed E-state index contributed by atoms with van der Waals surface area (Å²) in [5.74, 6) is -1.35. The number of nitrogens with one attached hydrogen (secondary N) is 3. The maximum absolute atomic E-state index is 13.1. The number of amides is 2. The number of allylic oxidation sites excluding steroid dienone is 1. The van der Waals surface area contributed by atoms with Crippen LogP contribution in [0.25, 0.3) is 0 Å². The molecule has 20 heteroatoms. The van der Waals surface area contributed by atoms with Crippen LogP contribution >= 0.6 is 0 Å². The van der Waals surface area contributed by atoms with Crippen molar-refractivity contribution in [1.29, 1.82) is 0 Å². The maximum atomic E-state index is 13.1. The van der Waals surface area contributed by atoms with Crippen molar-refractivity contribution < 1.29 is 69.4 Å². The SMILES string of the molecule is CCCCCCCCCCCCC=CC(=O)NC1C(OC2OC(CO)C(O)C(O)C2NC(C)=O)OC(CC(O)C2OC(n3ccc(=O)[nH]c3=O)C(O)C2O)C(O)C1O. The molecule has 2 amide bonds. The van der Waals surface area contributed by atoms with Gasteiger partial charge in [0.2, 0.25) is 11.8 Å². The Labute approximate surface area is 335 Å². The van der Waals surface area contributed by atoms with Gasteiger partial charge in [-0.2, -0.15) is 0 Å². The van der Waals surface area contributed by atoms with Crippen LogP contribution < -0.4 is 21.9 Å². The lowest BCUT2D eigenvalue weighted by Crippen LogP contribution is -2.68. The first-order chi connectivity index (χ1) is 27.7. The highest BCUT2D eigenvalue weighted by atomic mass is 16.8. The molecule has 58 heavy (non-hydrogen) atoms. The third kappa shape index (κ3) is 12.7. The molecule has 11 N–H and O–H groups in total. The zero-order valence-corrected chi connectivity index (χ0v) is 33.0. The van der Waals surface area contributed by atoms with E-state index in [1.165, 1.54) is 44.6 Å². The Hall–Kier alpha value is -3.12. The number of hydrogen-bond acceptors (Lipinski definition) is 16. The average molecular weight is 831 g/mol. The molecule has 3 aliphatic rings. The van der Waals surface area contributed by atoms with Gasteiger partial charge in [0.05, 0.1) is 18.8 Å². The van der Waals surface area contributed by atoms with E-state index in [9.17, 15) is 60.0 Å². The van der Waals surface area contributed by atoms with Crippen LogP contribution in [0.2, 0.25) is 0 Å². The quantitative estimate of drug-likeness (QED) is 0.0457. The molecule has 3 fully saturated rings. The van der Waals surface area contributed by atoms with Gasteiger partial charge in [-0.3, -0.25) is 23.9 Å². The number of unbranched alkanes of at least 4 members (excludes halogenated alkanes) is 10. The van der Waals surface area contributed by atoms with E-state index in [-0.39, 0.29) is 0 Å². The number of aliphatic hydroxyl groups is 8. The second-order valence-electron chi connectivity index (χ2n) is 15.3. The zero-order valence-electron chi connectivity index (χ0n) is 33.0. The predicted molar refractivity (Wildman–Crippen MR) is 203 cm³/mol. The fourth-order valence-electron chi connectivity index (χ4n) is 7.50. The summed E-state index contributed by atoms with van der Waals surface area (Å²) in [6.45, 7) is 2.54. The van der Waals surface area contributed by atoms with Gasteiger partial charge in [0.15, 0.2) is 18.8 Å². The highest BCUT2D eigenvalue weighted by molar-refractivity contribution is 5.87. The van der Waals surface area contributed by atoms with Crippen LogP contribution in [0.3, 0.4) is 0 Å². The van der Waals surface area contributed by atoms with E-state index in [1.807, 2.05) is 4.98 Å². The molecule has 15 atom stereocenters. The summed E-state index contributed by atoms with van der Waals surface area (Å²) < 4.78 is 24.1. The Bertz CT molecular complexity index is 1580. The van der Waals surface area contributed by atoms with Crippen molar-refractivity contribution >= 4 is 11.8 Å². The minimum Gasteiger partial charge on any atom is -0.394 e. The fourth-order valence-corrected chi connectivity index (χ4v) is 7.50. The fraction of sp³-hybridized carbons (Fsp3) is 0.789. The summed E-state index contributed by atoms with van der Waals surface area (Å²) in [5, 5.41) is 91.4. The molecule has 0 aliphatic carbocycles. The van der Waals surface area contributed by atoms with Gasteiger partial charge in [0, 0.05) is 25.6 Å². The lowest BCUT2D eigenvalue weighted by Gasteiger charge is -2.47. The van der Waals surface area contributed by atoms with Crippen LogP contribution in [0.1, 0.15) is 97.1 Å². The van der Waals surface area contributed by atoms with Gasteiger partial charge in [-0.25, -0.2) is 4.79 Å². The number of H-pyrrole nitrogens is 1. The number of rotatable bonds is 21. The van der Waals surface area contributed by atoms with Gasteiger partial charge in [0.1, 0.15) is 60.9 Å². The molecule has 0 aromatic carbocycles. The number of aliphatic hydroxyl groups excluding tert-OH is 8. The van der Waals surface area contributed by atoms with Crippen molar-refractivity contribution in [2.75, 3.05) is 6.61 Å². The van der Waals surface area contributed by atoms with Gasteiger partial charge < -0.3 is 70.4 Å². The standard InChI is InChI=1S/C38H62N4O16/c1-3-4-5-6-7-8-9-10-11-12-13-14-15-24(46)40-27-31(51)28(48)22(55-37(27)58-36-26(39-20(2)44)30(50)29(49)23(19-43)56-36)18-21(45)34-32(52)33(53)35(57-34)42-17-16-25(47)41-38(42)54/h14-17,21-23,26-37,43,45,48-53H,3-13,18-19H2,1-2H3,(H,39,44)(H,40,46)(H,41,47,54). The monoisotopic (exact) mass is 830 g/mol. The van der Waals surface area contributed by atoms with Crippen molar-refractivity contribution in [1.82, 2.24) is 20.2 Å². The smallest absolute Gasteiger partial charge is 0.330 e. The molecule has 15 unspecified atom stereocenters. The van der Waals surface area contributed by atoms with E-state index in [0.717, 1.165) is 49.4 Å². The molecule has 0 spiro atoms. The van der Waals surface area contributed by atoms with Crippen molar-refractivity contribution in [3.05, 3.63) is 45.3 Å². The number of carbonyl (C=O) groups excluding carboxylic acids is 2. The van der Waals surface area contributed by atoms with Crippen molar-refractivity contribution in [3.63, 3.8) is 0 Å². The van der Waals surface area contributed by atoms with Gasteiger partial charge >= 0.3 is 5.69 Å². The summed E-state index contributed by atoms with van der Waals surface area (Å²) in [6.07, 6.45) is -6.36. The Morgan fingerprint density at radius 3 is 1.97 bits per heavy atom. The molecule has 0 radical (unpaired) electrons. The molecular weight excluding hydrogens is 768 g/mol. The molecule has 3 aliphatic heterocycles. The van der Waals surface area contributed by atoms with E-state index < -0.39 is 128 Å². The number of nitrogens with zero attached hydrogens (tertiary/aromatic N) is 1. The molecule has 20 nitrogen and oxygen atoms in total. The third-order valence-electron chi connectivity index (χ3n) is 10.8. The number of hydrogen-bond donors (Lipinski definition) is 11. The van der Waals surface area contributed by atoms with E-state index in [4.69, 9.17) is 18.9 Å². The van der Waals surface area contributed by atoms with E-state index in [2.05, 4.69) is 17.6 Å². The van der Waals surface area contributed by atoms with Crippen molar-refractivity contribution in [2.45, 2.75) is 183 Å². The summed E-state index contributed by atoms with van der Waals surface area (Å²) in [4.78, 5) is 51.1. The molecule has 0 bridgehead atoms. The lowest BCUT2D eigenvalue weighted by atomic mass is 9.91. The highest BCUT2D eigenvalue weighted by Crippen LogP contribution is 2.34. The Balaban J connectivity index is 1.46. The third-order valence-corrected chi connectivity index (χ3v) is 10.8. The van der Waals surface area contributed by atoms with E-state index in [0.29, 0.717) is 6.42 Å². The minimum atomic E-state index is -1.85. The number of aromatic nitrogens is 2. The molecule has 3 saturated heterocycles.